The lowest BCUT2D eigenvalue weighted by Gasteiger charge is -2.19. The Kier molecular flexibility index (Phi) is 5.77. The highest BCUT2D eigenvalue weighted by molar-refractivity contribution is 5.99. The first-order valence-electron chi connectivity index (χ1n) is 6.70. The fraction of sp³-hybridized carbons (Fsp3) is 0.357. The number of carbonyl (C=O) groups is 3. The number of primary amides is 1. The molecule has 124 valence electrons. The fourth-order valence-electron chi connectivity index (χ4n) is 1.93. The third-order valence-electron chi connectivity index (χ3n) is 2.98. The van der Waals surface area contributed by atoms with Crippen LogP contribution in [0.15, 0.2) is 18.2 Å². The molecule has 0 saturated carbocycles. The monoisotopic (exact) mass is 323 g/mol. The van der Waals surface area contributed by atoms with E-state index in [1.54, 1.807) is 13.8 Å². The Bertz CT molecular complexity index is 656. The minimum absolute atomic E-state index is 0.271. The SMILES string of the molecule is Cc1cccc(C(=O)O[C@@H](C(=O)NC(N)=O)C(C)C)c1[N+](=O)[O-]. The van der Waals surface area contributed by atoms with E-state index in [1.165, 1.54) is 25.1 Å². The van der Waals surface area contributed by atoms with Crippen molar-refractivity contribution in [1.29, 1.82) is 0 Å². The number of amides is 3. The zero-order chi connectivity index (χ0) is 17.7. The number of aryl methyl sites for hydroxylation is 1. The van der Waals surface area contributed by atoms with Crippen molar-refractivity contribution in [2.75, 3.05) is 0 Å². The first kappa shape index (κ1) is 18.1. The summed E-state index contributed by atoms with van der Waals surface area (Å²) < 4.78 is 5.04. The predicted molar refractivity (Wildman–Crippen MR) is 79.6 cm³/mol. The summed E-state index contributed by atoms with van der Waals surface area (Å²) >= 11 is 0. The normalized spacial score (nSPS) is 11.7. The number of imide groups is 1. The molecule has 0 unspecified atom stereocenters. The van der Waals surface area contributed by atoms with Gasteiger partial charge in [-0.2, -0.15) is 0 Å². The van der Waals surface area contributed by atoms with Gasteiger partial charge in [0.15, 0.2) is 6.10 Å². The molecular formula is C14H17N3O6. The first-order valence-corrected chi connectivity index (χ1v) is 6.70. The molecule has 0 fully saturated rings. The summed E-state index contributed by atoms with van der Waals surface area (Å²) in [5.74, 6) is -2.39. The number of nitrogens with two attached hydrogens (primary N) is 1. The van der Waals surface area contributed by atoms with E-state index in [1.807, 2.05) is 5.32 Å². The molecule has 0 aromatic heterocycles. The summed E-state index contributed by atoms with van der Waals surface area (Å²) in [7, 11) is 0. The number of ether oxygens (including phenoxy) is 1. The van der Waals surface area contributed by atoms with E-state index in [4.69, 9.17) is 10.5 Å². The molecule has 0 bridgehead atoms. The Labute approximate surface area is 131 Å². The van der Waals surface area contributed by atoms with E-state index in [0.717, 1.165) is 0 Å². The van der Waals surface area contributed by atoms with Crippen molar-refractivity contribution in [2.24, 2.45) is 11.7 Å². The number of urea groups is 1. The van der Waals surface area contributed by atoms with Crippen molar-refractivity contribution in [3.05, 3.63) is 39.4 Å². The number of nitro groups is 1. The van der Waals surface area contributed by atoms with Crippen molar-refractivity contribution in [2.45, 2.75) is 26.9 Å². The van der Waals surface area contributed by atoms with Gasteiger partial charge in [0.2, 0.25) is 0 Å². The van der Waals surface area contributed by atoms with E-state index >= 15 is 0 Å². The second kappa shape index (κ2) is 7.34. The minimum Gasteiger partial charge on any atom is -0.448 e. The van der Waals surface area contributed by atoms with Crippen LogP contribution >= 0.6 is 0 Å². The zero-order valence-electron chi connectivity index (χ0n) is 12.9. The number of benzene rings is 1. The lowest BCUT2D eigenvalue weighted by Crippen LogP contribution is -2.45. The molecular weight excluding hydrogens is 306 g/mol. The predicted octanol–water partition coefficient (Wildman–Crippen LogP) is 1.28. The second-order valence-electron chi connectivity index (χ2n) is 5.15. The molecule has 3 amide bonds. The number of hydrogen-bond donors (Lipinski definition) is 2. The largest absolute Gasteiger partial charge is 0.448 e. The number of carbonyl (C=O) groups excluding carboxylic acids is 3. The van der Waals surface area contributed by atoms with Gasteiger partial charge in [-0.15, -0.1) is 0 Å². The minimum atomic E-state index is -1.31. The number of esters is 1. The highest BCUT2D eigenvalue weighted by atomic mass is 16.6. The van der Waals surface area contributed by atoms with Crippen LogP contribution in [0.1, 0.15) is 29.8 Å². The number of nitrogens with zero attached hydrogens (tertiary/aromatic N) is 1. The smallest absolute Gasteiger partial charge is 0.345 e. The van der Waals surface area contributed by atoms with Gasteiger partial charge in [-0.25, -0.2) is 9.59 Å². The molecule has 0 aliphatic carbocycles. The summed E-state index contributed by atoms with van der Waals surface area (Å²) in [6.07, 6.45) is -1.31. The number of hydrogen-bond acceptors (Lipinski definition) is 6. The molecule has 0 saturated heterocycles. The molecule has 9 nitrogen and oxygen atoms in total. The fourth-order valence-corrected chi connectivity index (χ4v) is 1.93. The topological polar surface area (TPSA) is 142 Å². The van der Waals surface area contributed by atoms with Crippen LogP contribution in [0, 0.1) is 23.0 Å². The number of para-hydroxylation sites is 1. The zero-order valence-corrected chi connectivity index (χ0v) is 12.9. The molecule has 1 aromatic carbocycles. The van der Waals surface area contributed by atoms with Crippen LogP contribution in [-0.4, -0.2) is 28.9 Å². The van der Waals surface area contributed by atoms with E-state index < -0.39 is 40.5 Å². The molecule has 1 atom stereocenters. The van der Waals surface area contributed by atoms with E-state index in [-0.39, 0.29) is 11.1 Å². The Morgan fingerprint density at radius 3 is 2.39 bits per heavy atom. The first-order chi connectivity index (χ1) is 10.6. The molecule has 3 N–H and O–H groups in total. The van der Waals surface area contributed by atoms with Gasteiger partial charge in [0.25, 0.3) is 11.6 Å². The summed E-state index contributed by atoms with van der Waals surface area (Å²) in [5.41, 5.74) is 4.48. The van der Waals surface area contributed by atoms with Crippen molar-refractivity contribution in [3.63, 3.8) is 0 Å². The standard InChI is InChI=1S/C14H17N3O6/c1-7(2)11(12(18)16-14(15)20)23-13(19)9-6-4-5-8(3)10(9)17(21)22/h4-7,11H,1-3H3,(H3,15,16,18,20)/t11-/m1/s1. The van der Waals surface area contributed by atoms with Crippen LogP contribution in [0.2, 0.25) is 0 Å². The van der Waals surface area contributed by atoms with Crippen LogP contribution in [0.5, 0.6) is 0 Å². The van der Waals surface area contributed by atoms with Crippen LogP contribution < -0.4 is 11.1 Å². The van der Waals surface area contributed by atoms with Gasteiger partial charge in [-0.1, -0.05) is 26.0 Å². The molecule has 0 radical (unpaired) electrons. The number of nitro benzene ring substituents is 1. The van der Waals surface area contributed by atoms with E-state index in [0.29, 0.717) is 0 Å². The Hall–Kier alpha value is -2.97. The average Bonchev–Trinajstić information content (AvgIpc) is 2.42. The van der Waals surface area contributed by atoms with Crippen molar-refractivity contribution < 1.29 is 24.0 Å². The molecule has 1 rings (SSSR count). The Balaban J connectivity index is 3.10. The number of rotatable bonds is 5. The molecule has 1 aromatic rings. The van der Waals surface area contributed by atoms with Gasteiger partial charge in [-0.3, -0.25) is 20.2 Å². The summed E-state index contributed by atoms with van der Waals surface area (Å²) in [6.45, 7) is 4.65. The summed E-state index contributed by atoms with van der Waals surface area (Å²) in [6, 6.07) is 3.09. The Morgan fingerprint density at radius 2 is 1.91 bits per heavy atom. The number of nitrogens with one attached hydrogen (secondary N) is 1. The second-order valence-corrected chi connectivity index (χ2v) is 5.15. The van der Waals surface area contributed by atoms with Gasteiger partial charge in [0, 0.05) is 5.56 Å². The van der Waals surface area contributed by atoms with Crippen LogP contribution in [0.4, 0.5) is 10.5 Å². The molecule has 0 spiro atoms. The lowest BCUT2D eigenvalue weighted by atomic mass is 10.1. The molecule has 0 heterocycles. The van der Waals surface area contributed by atoms with Gasteiger partial charge < -0.3 is 10.5 Å². The summed E-state index contributed by atoms with van der Waals surface area (Å²) in [5, 5.41) is 12.9. The maximum atomic E-state index is 12.2. The van der Waals surface area contributed by atoms with Gasteiger partial charge in [0.1, 0.15) is 5.56 Å². The third-order valence-corrected chi connectivity index (χ3v) is 2.98. The quantitative estimate of drug-likeness (QED) is 0.475. The molecule has 0 aliphatic heterocycles. The highest BCUT2D eigenvalue weighted by Crippen LogP contribution is 2.24. The van der Waals surface area contributed by atoms with Crippen molar-refractivity contribution >= 4 is 23.6 Å². The van der Waals surface area contributed by atoms with Crippen LogP contribution in [-0.2, 0) is 9.53 Å². The van der Waals surface area contributed by atoms with Crippen LogP contribution in [0.25, 0.3) is 0 Å². The van der Waals surface area contributed by atoms with Gasteiger partial charge in [-0.05, 0) is 18.9 Å². The van der Waals surface area contributed by atoms with Crippen molar-refractivity contribution in [1.82, 2.24) is 5.32 Å². The molecule has 9 heteroatoms. The average molecular weight is 323 g/mol. The summed E-state index contributed by atoms with van der Waals surface area (Å²) in [4.78, 5) is 45.2. The van der Waals surface area contributed by atoms with Crippen molar-refractivity contribution in [3.8, 4) is 0 Å². The van der Waals surface area contributed by atoms with E-state index in [9.17, 15) is 24.5 Å². The maximum absolute atomic E-state index is 12.2. The Morgan fingerprint density at radius 1 is 1.30 bits per heavy atom. The van der Waals surface area contributed by atoms with Crippen LogP contribution in [0.3, 0.4) is 0 Å². The molecule has 23 heavy (non-hydrogen) atoms. The van der Waals surface area contributed by atoms with Gasteiger partial charge in [0.05, 0.1) is 4.92 Å². The lowest BCUT2D eigenvalue weighted by molar-refractivity contribution is -0.385. The third kappa shape index (κ3) is 4.50. The van der Waals surface area contributed by atoms with Gasteiger partial charge >= 0.3 is 12.0 Å². The highest BCUT2D eigenvalue weighted by Gasteiger charge is 2.31. The molecule has 0 aliphatic rings. The van der Waals surface area contributed by atoms with E-state index in [2.05, 4.69) is 0 Å². The maximum Gasteiger partial charge on any atom is 0.345 e.